The number of fused-ring (bicyclic) bond motifs is 1. The lowest BCUT2D eigenvalue weighted by atomic mass is 10.1. The Kier molecular flexibility index (Phi) is 3.91. The number of carbonyl (C=O) groups is 1. The van der Waals surface area contributed by atoms with Gasteiger partial charge in [-0.25, -0.2) is 0 Å². The van der Waals surface area contributed by atoms with E-state index >= 15 is 0 Å². The zero-order valence-corrected chi connectivity index (χ0v) is 12.2. The van der Waals surface area contributed by atoms with Crippen LogP contribution in [0.25, 0.3) is 0 Å². The Hall–Kier alpha value is -1.56. The summed E-state index contributed by atoms with van der Waals surface area (Å²) in [5, 5.41) is 0. The molecule has 0 radical (unpaired) electrons. The van der Waals surface area contributed by atoms with Crippen LogP contribution in [0, 0.1) is 0 Å². The van der Waals surface area contributed by atoms with Crippen LogP contribution in [0.4, 0.5) is 0 Å². The first-order valence-electron chi connectivity index (χ1n) is 6.64. The van der Waals surface area contributed by atoms with Gasteiger partial charge in [-0.05, 0) is 12.1 Å². The van der Waals surface area contributed by atoms with Crippen LogP contribution in [-0.4, -0.2) is 55.7 Å². The summed E-state index contributed by atoms with van der Waals surface area (Å²) in [7, 11) is 1.57. The minimum absolute atomic E-state index is 0.0283. The third-order valence-electron chi connectivity index (χ3n) is 3.37. The van der Waals surface area contributed by atoms with Gasteiger partial charge in [-0.15, -0.1) is 0 Å². The topological polar surface area (TPSA) is 48.0 Å². The van der Waals surface area contributed by atoms with Gasteiger partial charge in [-0.2, -0.15) is 11.8 Å². The molecule has 0 aliphatic carbocycles. The van der Waals surface area contributed by atoms with Crippen LogP contribution in [0.2, 0.25) is 0 Å². The number of methoxy groups -OCH3 is 1. The lowest BCUT2D eigenvalue weighted by Crippen LogP contribution is -2.37. The van der Waals surface area contributed by atoms with Gasteiger partial charge in [-0.1, -0.05) is 0 Å². The number of carbonyl (C=O) groups excluding carboxylic acids is 1. The number of ether oxygens (including phenoxy) is 3. The van der Waals surface area contributed by atoms with Gasteiger partial charge >= 0.3 is 0 Å². The highest BCUT2D eigenvalue weighted by Gasteiger charge is 2.24. The van der Waals surface area contributed by atoms with E-state index in [9.17, 15) is 4.79 Å². The maximum atomic E-state index is 12.5. The number of nitrogens with zero attached hydrogens (tertiary/aromatic N) is 1. The molecule has 3 rings (SSSR count). The maximum Gasteiger partial charge on any atom is 0.254 e. The molecule has 1 amide bonds. The van der Waals surface area contributed by atoms with E-state index in [0.29, 0.717) is 36.0 Å². The fourth-order valence-corrected chi connectivity index (χ4v) is 3.25. The van der Waals surface area contributed by atoms with Crippen molar-refractivity contribution in [3.05, 3.63) is 17.7 Å². The van der Waals surface area contributed by atoms with Crippen LogP contribution < -0.4 is 14.2 Å². The van der Waals surface area contributed by atoms with E-state index in [4.69, 9.17) is 14.2 Å². The van der Waals surface area contributed by atoms with Crippen molar-refractivity contribution >= 4 is 17.7 Å². The summed E-state index contributed by atoms with van der Waals surface area (Å²) in [5.41, 5.74) is 0.595. The molecule has 2 aliphatic heterocycles. The van der Waals surface area contributed by atoms with Crippen molar-refractivity contribution in [1.82, 2.24) is 4.90 Å². The predicted molar refractivity (Wildman–Crippen MR) is 77.2 cm³/mol. The monoisotopic (exact) mass is 295 g/mol. The molecule has 1 saturated heterocycles. The molecule has 0 unspecified atom stereocenters. The van der Waals surface area contributed by atoms with Gasteiger partial charge in [-0.3, -0.25) is 4.79 Å². The predicted octanol–water partition coefficient (Wildman–Crippen LogP) is 1.66. The molecular formula is C14H17NO4S. The second kappa shape index (κ2) is 5.83. The molecule has 0 aromatic heterocycles. The highest BCUT2D eigenvalue weighted by Crippen LogP contribution is 2.40. The van der Waals surface area contributed by atoms with Crippen LogP contribution >= 0.6 is 11.8 Å². The van der Waals surface area contributed by atoms with Gasteiger partial charge in [0.2, 0.25) is 5.75 Å². The number of hydrogen-bond donors (Lipinski definition) is 0. The summed E-state index contributed by atoms with van der Waals surface area (Å²) in [6.45, 7) is 2.58. The molecule has 0 spiro atoms. The summed E-state index contributed by atoms with van der Waals surface area (Å²) >= 11 is 1.88. The molecule has 1 aromatic rings. The van der Waals surface area contributed by atoms with Crippen molar-refractivity contribution in [3.63, 3.8) is 0 Å². The zero-order valence-electron chi connectivity index (χ0n) is 11.4. The van der Waals surface area contributed by atoms with Crippen molar-refractivity contribution < 1.29 is 19.0 Å². The number of amides is 1. The van der Waals surface area contributed by atoms with Gasteiger partial charge in [0.15, 0.2) is 11.5 Å². The van der Waals surface area contributed by atoms with Crippen LogP contribution in [0.3, 0.4) is 0 Å². The summed E-state index contributed by atoms with van der Waals surface area (Å²) in [6, 6.07) is 3.48. The van der Waals surface area contributed by atoms with Gasteiger partial charge < -0.3 is 19.1 Å². The first kappa shape index (κ1) is 13.4. The van der Waals surface area contributed by atoms with E-state index in [1.807, 2.05) is 16.7 Å². The molecule has 0 N–H and O–H groups in total. The van der Waals surface area contributed by atoms with Crippen LogP contribution in [0.15, 0.2) is 12.1 Å². The summed E-state index contributed by atoms with van der Waals surface area (Å²) < 4.78 is 16.4. The molecule has 0 saturated carbocycles. The molecular weight excluding hydrogens is 278 g/mol. The smallest absolute Gasteiger partial charge is 0.254 e. The van der Waals surface area contributed by atoms with Crippen LogP contribution in [-0.2, 0) is 0 Å². The van der Waals surface area contributed by atoms with E-state index < -0.39 is 0 Å². The number of benzene rings is 1. The summed E-state index contributed by atoms with van der Waals surface area (Å²) in [5.74, 6) is 3.74. The molecule has 20 heavy (non-hydrogen) atoms. The van der Waals surface area contributed by atoms with Gasteiger partial charge in [0, 0.05) is 30.2 Å². The maximum absolute atomic E-state index is 12.5. The lowest BCUT2D eigenvalue weighted by molar-refractivity contribution is 0.0770. The first-order chi connectivity index (χ1) is 9.79. The summed E-state index contributed by atoms with van der Waals surface area (Å²) in [4.78, 5) is 14.4. The highest BCUT2D eigenvalue weighted by molar-refractivity contribution is 7.99. The molecule has 108 valence electrons. The van der Waals surface area contributed by atoms with Crippen LogP contribution in [0.5, 0.6) is 17.2 Å². The quantitative estimate of drug-likeness (QED) is 0.830. The first-order valence-corrected chi connectivity index (χ1v) is 7.79. The van der Waals surface area contributed by atoms with Gasteiger partial charge in [0.1, 0.15) is 13.2 Å². The van der Waals surface area contributed by atoms with Crippen molar-refractivity contribution in [2.75, 3.05) is 44.9 Å². The molecule has 1 aromatic carbocycles. The molecule has 5 nitrogen and oxygen atoms in total. The number of thioether (sulfide) groups is 1. The summed E-state index contributed by atoms with van der Waals surface area (Å²) in [6.07, 6.45) is 0. The van der Waals surface area contributed by atoms with E-state index in [1.54, 1.807) is 19.2 Å². The van der Waals surface area contributed by atoms with Gasteiger partial charge in [0.05, 0.1) is 7.11 Å². The second-order valence-corrected chi connectivity index (χ2v) is 5.83. The van der Waals surface area contributed by atoms with E-state index in [2.05, 4.69) is 0 Å². The lowest BCUT2D eigenvalue weighted by Gasteiger charge is -2.27. The minimum Gasteiger partial charge on any atom is -0.493 e. The zero-order chi connectivity index (χ0) is 13.9. The second-order valence-electron chi connectivity index (χ2n) is 4.61. The molecule has 1 fully saturated rings. The average Bonchev–Trinajstić information content (AvgIpc) is 2.54. The largest absolute Gasteiger partial charge is 0.493 e. The Morgan fingerprint density at radius 1 is 1.25 bits per heavy atom. The Balaban J connectivity index is 1.90. The SMILES string of the molecule is COc1cc(C(=O)N2CCSCC2)cc2c1OCCO2. The highest BCUT2D eigenvalue weighted by atomic mass is 32.2. The Bertz CT molecular complexity index is 497. The molecule has 6 heteroatoms. The van der Waals surface area contributed by atoms with Crippen molar-refractivity contribution in [2.45, 2.75) is 0 Å². The van der Waals surface area contributed by atoms with Gasteiger partial charge in [0.25, 0.3) is 5.91 Å². The average molecular weight is 295 g/mol. The van der Waals surface area contributed by atoms with E-state index in [-0.39, 0.29) is 5.91 Å². The van der Waals surface area contributed by atoms with Crippen molar-refractivity contribution in [2.24, 2.45) is 0 Å². The molecule has 2 aliphatic rings. The third kappa shape index (κ3) is 2.52. The Morgan fingerprint density at radius 2 is 2.00 bits per heavy atom. The Labute approximate surface area is 122 Å². The molecule has 0 atom stereocenters. The van der Waals surface area contributed by atoms with E-state index in [0.717, 1.165) is 24.6 Å². The normalized spacial score (nSPS) is 17.8. The van der Waals surface area contributed by atoms with Crippen molar-refractivity contribution in [1.29, 1.82) is 0 Å². The third-order valence-corrected chi connectivity index (χ3v) is 4.32. The fourth-order valence-electron chi connectivity index (χ4n) is 2.35. The number of rotatable bonds is 2. The standard InChI is InChI=1S/C14H17NO4S/c1-17-11-8-10(9-12-13(11)19-5-4-18-12)14(16)15-2-6-20-7-3-15/h8-9H,2-7H2,1H3. The Morgan fingerprint density at radius 3 is 2.75 bits per heavy atom. The van der Waals surface area contributed by atoms with Crippen molar-refractivity contribution in [3.8, 4) is 17.2 Å². The van der Waals surface area contributed by atoms with Crippen LogP contribution in [0.1, 0.15) is 10.4 Å². The number of hydrogen-bond acceptors (Lipinski definition) is 5. The van der Waals surface area contributed by atoms with E-state index in [1.165, 1.54) is 0 Å². The molecule has 2 heterocycles. The minimum atomic E-state index is 0.0283. The molecule has 0 bridgehead atoms. The fraction of sp³-hybridized carbons (Fsp3) is 0.500.